The molecule has 1 saturated heterocycles. The van der Waals surface area contributed by atoms with E-state index in [0.717, 1.165) is 32.4 Å². The smallest absolute Gasteiger partial charge is 0.325 e. The first-order chi connectivity index (χ1) is 9.84. The van der Waals surface area contributed by atoms with Crippen LogP contribution in [0, 0.1) is 0 Å². The Kier molecular flexibility index (Phi) is 5.28. The first-order valence-corrected chi connectivity index (χ1v) is 8.09. The lowest BCUT2D eigenvalue weighted by Gasteiger charge is -2.41. The molecule has 1 heterocycles. The van der Waals surface area contributed by atoms with Crippen LogP contribution < -0.4 is 5.32 Å². The lowest BCUT2D eigenvalue weighted by atomic mass is 9.92. The Balaban J connectivity index is 1.99. The number of morpholine rings is 1. The summed E-state index contributed by atoms with van der Waals surface area (Å²) in [6.45, 7) is 10.2. The van der Waals surface area contributed by atoms with Crippen LogP contribution in [0.15, 0.2) is 0 Å². The van der Waals surface area contributed by atoms with Gasteiger partial charge in [0.2, 0.25) is 0 Å². The van der Waals surface area contributed by atoms with Crippen LogP contribution in [-0.2, 0) is 14.3 Å². The van der Waals surface area contributed by atoms with E-state index in [1.165, 1.54) is 7.11 Å². The highest BCUT2D eigenvalue weighted by molar-refractivity contribution is 5.80. The van der Waals surface area contributed by atoms with Crippen LogP contribution in [-0.4, -0.2) is 60.9 Å². The first kappa shape index (κ1) is 16.7. The zero-order valence-corrected chi connectivity index (χ0v) is 14.0. The second-order valence-electron chi connectivity index (χ2n) is 7.01. The lowest BCUT2D eigenvalue weighted by molar-refractivity contribution is -0.149. The van der Waals surface area contributed by atoms with E-state index >= 15 is 0 Å². The van der Waals surface area contributed by atoms with Gasteiger partial charge in [-0.15, -0.1) is 0 Å². The molecule has 4 atom stereocenters. The minimum absolute atomic E-state index is 0.157. The fraction of sp³-hybridized carbons (Fsp3) is 0.938. The maximum atomic E-state index is 12.2. The average molecular weight is 298 g/mol. The normalized spacial score (nSPS) is 31.5. The highest BCUT2D eigenvalue weighted by atomic mass is 16.5. The average Bonchev–Trinajstić information content (AvgIpc) is 3.20. The van der Waals surface area contributed by atoms with E-state index < -0.39 is 5.54 Å². The van der Waals surface area contributed by atoms with Crippen molar-refractivity contribution in [3.05, 3.63) is 0 Å². The maximum Gasteiger partial charge on any atom is 0.325 e. The summed E-state index contributed by atoms with van der Waals surface area (Å²) >= 11 is 0. The summed E-state index contributed by atoms with van der Waals surface area (Å²) in [6.07, 6.45) is 3.57. The standard InChI is InChI=1S/C16H30N2O3/c1-11(18-9-12(2)21-13(3)10-18)8-16(4,15(19)20-5)17-14-6-7-14/h11-14,17H,6-10H2,1-5H3/t11?,12-,13+,16?. The predicted molar refractivity (Wildman–Crippen MR) is 82.2 cm³/mol. The van der Waals surface area contributed by atoms with Crippen molar-refractivity contribution in [2.75, 3.05) is 20.2 Å². The summed E-state index contributed by atoms with van der Waals surface area (Å²) < 4.78 is 10.8. The van der Waals surface area contributed by atoms with Crippen LogP contribution in [0.1, 0.15) is 47.0 Å². The Morgan fingerprint density at radius 3 is 2.43 bits per heavy atom. The van der Waals surface area contributed by atoms with Crippen LogP contribution in [0.25, 0.3) is 0 Å². The number of nitrogens with one attached hydrogen (secondary N) is 1. The molecule has 0 radical (unpaired) electrons. The number of carbonyl (C=O) groups is 1. The van der Waals surface area contributed by atoms with Gasteiger partial charge in [0.25, 0.3) is 0 Å². The molecule has 1 N–H and O–H groups in total. The molecule has 0 aromatic carbocycles. The zero-order chi connectivity index (χ0) is 15.6. The number of esters is 1. The Morgan fingerprint density at radius 1 is 1.38 bits per heavy atom. The molecular formula is C16H30N2O3. The van der Waals surface area contributed by atoms with E-state index in [1.54, 1.807) is 0 Å². The van der Waals surface area contributed by atoms with Gasteiger partial charge in [-0.2, -0.15) is 0 Å². The summed E-state index contributed by atoms with van der Waals surface area (Å²) in [5, 5.41) is 3.48. The molecule has 5 heteroatoms. The summed E-state index contributed by atoms with van der Waals surface area (Å²) in [7, 11) is 1.47. The third-order valence-corrected chi connectivity index (χ3v) is 4.51. The van der Waals surface area contributed by atoms with Crippen molar-refractivity contribution in [2.24, 2.45) is 0 Å². The van der Waals surface area contributed by atoms with Crippen LogP contribution in [0.5, 0.6) is 0 Å². The summed E-state index contributed by atoms with van der Waals surface area (Å²) in [6, 6.07) is 0.790. The van der Waals surface area contributed by atoms with Crippen molar-refractivity contribution in [3.63, 3.8) is 0 Å². The molecular weight excluding hydrogens is 268 g/mol. The molecule has 2 unspecified atom stereocenters. The van der Waals surface area contributed by atoms with Gasteiger partial charge in [0.05, 0.1) is 19.3 Å². The molecule has 0 spiro atoms. The van der Waals surface area contributed by atoms with E-state index in [-0.39, 0.29) is 18.2 Å². The minimum atomic E-state index is -0.597. The molecule has 2 rings (SSSR count). The molecule has 5 nitrogen and oxygen atoms in total. The second-order valence-corrected chi connectivity index (χ2v) is 7.01. The Labute approximate surface area is 128 Å². The molecule has 2 aliphatic rings. The lowest BCUT2D eigenvalue weighted by Crippen LogP contribution is -2.57. The molecule has 0 bridgehead atoms. The Hall–Kier alpha value is -0.650. The highest BCUT2D eigenvalue weighted by Gasteiger charge is 2.41. The Morgan fingerprint density at radius 2 is 1.95 bits per heavy atom. The van der Waals surface area contributed by atoms with Crippen LogP contribution in [0.3, 0.4) is 0 Å². The van der Waals surface area contributed by atoms with Gasteiger partial charge in [0.1, 0.15) is 5.54 Å². The number of carbonyl (C=O) groups excluding carboxylic acids is 1. The first-order valence-electron chi connectivity index (χ1n) is 8.09. The van der Waals surface area contributed by atoms with Gasteiger partial charge in [0, 0.05) is 25.2 Å². The summed E-state index contributed by atoms with van der Waals surface area (Å²) in [5.74, 6) is -0.157. The quantitative estimate of drug-likeness (QED) is 0.754. The van der Waals surface area contributed by atoms with Crippen LogP contribution >= 0.6 is 0 Å². The van der Waals surface area contributed by atoms with Crippen molar-refractivity contribution in [3.8, 4) is 0 Å². The van der Waals surface area contributed by atoms with E-state index in [2.05, 4.69) is 31.0 Å². The van der Waals surface area contributed by atoms with Gasteiger partial charge < -0.3 is 9.47 Å². The molecule has 2 fully saturated rings. The fourth-order valence-corrected chi connectivity index (χ4v) is 3.40. The van der Waals surface area contributed by atoms with Gasteiger partial charge in [0.15, 0.2) is 0 Å². The van der Waals surface area contributed by atoms with Crippen LogP contribution in [0.4, 0.5) is 0 Å². The molecule has 0 aromatic heterocycles. The van der Waals surface area contributed by atoms with E-state index in [4.69, 9.17) is 9.47 Å². The topological polar surface area (TPSA) is 50.8 Å². The molecule has 0 amide bonds. The monoisotopic (exact) mass is 298 g/mol. The summed E-state index contributed by atoms with van der Waals surface area (Å²) in [4.78, 5) is 14.6. The van der Waals surface area contributed by atoms with Gasteiger partial charge in [-0.05, 0) is 47.0 Å². The van der Waals surface area contributed by atoms with Crippen molar-refractivity contribution in [1.82, 2.24) is 10.2 Å². The van der Waals surface area contributed by atoms with Crippen molar-refractivity contribution in [1.29, 1.82) is 0 Å². The number of hydrogen-bond acceptors (Lipinski definition) is 5. The Bertz CT molecular complexity index is 363. The highest BCUT2D eigenvalue weighted by Crippen LogP contribution is 2.27. The molecule has 21 heavy (non-hydrogen) atoms. The van der Waals surface area contributed by atoms with Crippen molar-refractivity contribution < 1.29 is 14.3 Å². The number of rotatable bonds is 6. The molecule has 0 aromatic rings. The summed E-state index contributed by atoms with van der Waals surface area (Å²) in [5.41, 5.74) is -0.597. The third-order valence-electron chi connectivity index (χ3n) is 4.51. The van der Waals surface area contributed by atoms with Gasteiger partial charge >= 0.3 is 5.97 Å². The largest absolute Gasteiger partial charge is 0.468 e. The van der Waals surface area contributed by atoms with Crippen LogP contribution in [0.2, 0.25) is 0 Å². The van der Waals surface area contributed by atoms with Crippen molar-refractivity contribution in [2.45, 2.75) is 76.8 Å². The number of methoxy groups -OCH3 is 1. The predicted octanol–water partition coefficient (Wildman–Crippen LogP) is 1.56. The number of hydrogen-bond donors (Lipinski definition) is 1. The second kappa shape index (κ2) is 6.63. The molecule has 1 aliphatic heterocycles. The van der Waals surface area contributed by atoms with Gasteiger partial charge in [-0.3, -0.25) is 15.0 Å². The number of ether oxygens (including phenoxy) is 2. The maximum absolute atomic E-state index is 12.2. The van der Waals surface area contributed by atoms with E-state index in [0.29, 0.717) is 12.1 Å². The van der Waals surface area contributed by atoms with Gasteiger partial charge in [-0.1, -0.05) is 0 Å². The SMILES string of the molecule is COC(=O)C(C)(CC(C)N1C[C@@H](C)O[C@@H](C)C1)NC1CC1. The third kappa shape index (κ3) is 4.41. The number of nitrogens with zero attached hydrogens (tertiary/aromatic N) is 1. The zero-order valence-electron chi connectivity index (χ0n) is 14.0. The minimum Gasteiger partial charge on any atom is -0.468 e. The van der Waals surface area contributed by atoms with Crippen molar-refractivity contribution >= 4 is 5.97 Å². The van der Waals surface area contributed by atoms with E-state index in [1.807, 2.05) is 6.92 Å². The van der Waals surface area contributed by atoms with E-state index in [9.17, 15) is 4.79 Å². The fourth-order valence-electron chi connectivity index (χ4n) is 3.40. The molecule has 1 aliphatic carbocycles. The van der Waals surface area contributed by atoms with Gasteiger partial charge in [-0.25, -0.2) is 0 Å². The molecule has 1 saturated carbocycles. The molecule has 122 valence electrons.